The minimum Gasteiger partial charge on any atom is -0.399 e. The molecule has 5 heteroatoms. The molecule has 0 saturated carbocycles. The molecule has 2 rings (SSSR count). The summed E-state index contributed by atoms with van der Waals surface area (Å²) in [5.41, 5.74) is 6.61. The highest BCUT2D eigenvalue weighted by Crippen LogP contribution is 2.18. The molecule has 0 radical (unpaired) electrons. The van der Waals surface area contributed by atoms with Crippen molar-refractivity contribution in [2.45, 2.75) is 18.9 Å². The average molecular weight is 257 g/mol. The van der Waals surface area contributed by atoms with E-state index in [0.717, 1.165) is 6.42 Å². The fourth-order valence-corrected chi connectivity index (χ4v) is 1.75. The topological polar surface area (TPSA) is 64.4 Å². The van der Waals surface area contributed by atoms with E-state index in [9.17, 15) is 4.79 Å². The zero-order valence-electron chi connectivity index (χ0n) is 9.73. The standard InChI is InChI=1S/C12H16N2O2.ClH/c1-12(6-7-16-8-12)14-11(15)9-2-4-10(13)5-3-9;/h2-5H,6-8,13H2,1H3,(H,14,15);1H. The van der Waals surface area contributed by atoms with Crippen molar-refractivity contribution >= 4 is 24.0 Å². The van der Waals surface area contributed by atoms with Gasteiger partial charge in [0.1, 0.15) is 0 Å². The van der Waals surface area contributed by atoms with Gasteiger partial charge in [0.2, 0.25) is 0 Å². The van der Waals surface area contributed by atoms with E-state index in [1.165, 1.54) is 0 Å². The van der Waals surface area contributed by atoms with Crippen LogP contribution in [0.1, 0.15) is 23.7 Å². The molecular weight excluding hydrogens is 240 g/mol. The van der Waals surface area contributed by atoms with Crippen LogP contribution in [0, 0.1) is 0 Å². The molecule has 17 heavy (non-hydrogen) atoms. The minimum absolute atomic E-state index is 0. The fraction of sp³-hybridized carbons (Fsp3) is 0.417. The first-order chi connectivity index (χ1) is 7.59. The van der Waals surface area contributed by atoms with Gasteiger partial charge in [-0.25, -0.2) is 0 Å². The van der Waals surface area contributed by atoms with Crippen molar-refractivity contribution in [2.24, 2.45) is 0 Å². The number of ether oxygens (including phenoxy) is 1. The summed E-state index contributed by atoms with van der Waals surface area (Å²) < 4.78 is 5.28. The molecule has 3 N–H and O–H groups in total. The van der Waals surface area contributed by atoms with E-state index in [1.54, 1.807) is 24.3 Å². The van der Waals surface area contributed by atoms with E-state index in [-0.39, 0.29) is 23.9 Å². The van der Waals surface area contributed by atoms with Crippen LogP contribution in [0.5, 0.6) is 0 Å². The molecule has 1 unspecified atom stereocenters. The number of nitrogen functional groups attached to an aromatic ring is 1. The van der Waals surface area contributed by atoms with Crippen LogP contribution < -0.4 is 11.1 Å². The normalized spacial score (nSPS) is 22.9. The van der Waals surface area contributed by atoms with Crippen LogP contribution in [-0.2, 0) is 4.74 Å². The number of rotatable bonds is 2. The molecule has 1 aromatic carbocycles. The third-order valence-electron chi connectivity index (χ3n) is 2.81. The number of nitrogens with two attached hydrogens (primary N) is 1. The van der Waals surface area contributed by atoms with Gasteiger partial charge in [-0.05, 0) is 37.6 Å². The van der Waals surface area contributed by atoms with Gasteiger partial charge < -0.3 is 15.8 Å². The average Bonchev–Trinajstić information content (AvgIpc) is 2.65. The van der Waals surface area contributed by atoms with Gasteiger partial charge in [-0.1, -0.05) is 0 Å². The molecule has 0 aliphatic carbocycles. The van der Waals surface area contributed by atoms with E-state index in [1.807, 2.05) is 6.92 Å². The summed E-state index contributed by atoms with van der Waals surface area (Å²) in [5.74, 6) is -0.0759. The lowest BCUT2D eigenvalue weighted by Gasteiger charge is -2.23. The lowest BCUT2D eigenvalue weighted by molar-refractivity contribution is 0.0890. The van der Waals surface area contributed by atoms with Crippen molar-refractivity contribution in [1.82, 2.24) is 5.32 Å². The molecule has 0 aromatic heterocycles. The highest BCUT2D eigenvalue weighted by atomic mass is 35.5. The highest BCUT2D eigenvalue weighted by Gasteiger charge is 2.31. The Labute approximate surface area is 107 Å². The number of carbonyl (C=O) groups is 1. The van der Waals surface area contributed by atoms with Crippen LogP contribution in [-0.4, -0.2) is 24.7 Å². The first-order valence-corrected chi connectivity index (χ1v) is 5.35. The molecule has 1 heterocycles. The number of benzene rings is 1. The first kappa shape index (κ1) is 13.8. The van der Waals surface area contributed by atoms with Gasteiger partial charge in [-0.3, -0.25) is 4.79 Å². The first-order valence-electron chi connectivity index (χ1n) is 5.35. The van der Waals surface area contributed by atoms with Gasteiger partial charge in [0.05, 0.1) is 12.1 Å². The van der Waals surface area contributed by atoms with Crippen molar-refractivity contribution < 1.29 is 9.53 Å². The molecule has 1 aliphatic heterocycles. The number of hydrogen-bond donors (Lipinski definition) is 2. The van der Waals surface area contributed by atoms with Gasteiger partial charge >= 0.3 is 0 Å². The Kier molecular flexibility index (Phi) is 4.37. The van der Waals surface area contributed by atoms with Crippen molar-refractivity contribution in [2.75, 3.05) is 18.9 Å². The Morgan fingerprint density at radius 2 is 2.06 bits per heavy atom. The summed E-state index contributed by atoms with van der Waals surface area (Å²) in [5, 5.41) is 2.99. The predicted molar refractivity (Wildman–Crippen MR) is 69.4 cm³/mol. The van der Waals surface area contributed by atoms with Crippen LogP contribution in [0.25, 0.3) is 0 Å². The maximum absolute atomic E-state index is 11.9. The summed E-state index contributed by atoms with van der Waals surface area (Å²) in [7, 11) is 0. The van der Waals surface area contributed by atoms with Crippen LogP contribution >= 0.6 is 12.4 Å². The van der Waals surface area contributed by atoms with E-state index in [4.69, 9.17) is 10.5 Å². The fourth-order valence-electron chi connectivity index (χ4n) is 1.75. The van der Waals surface area contributed by atoms with Crippen molar-refractivity contribution in [3.63, 3.8) is 0 Å². The minimum atomic E-state index is -0.238. The summed E-state index contributed by atoms with van der Waals surface area (Å²) in [6, 6.07) is 6.90. The van der Waals surface area contributed by atoms with E-state index >= 15 is 0 Å². The van der Waals surface area contributed by atoms with Gasteiger partial charge in [-0.2, -0.15) is 0 Å². The Bertz CT molecular complexity index is 386. The molecule has 1 amide bonds. The number of hydrogen-bond acceptors (Lipinski definition) is 3. The van der Waals surface area contributed by atoms with Gasteiger partial charge in [0.15, 0.2) is 0 Å². The largest absolute Gasteiger partial charge is 0.399 e. The number of carbonyl (C=O) groups excluding carboxylic acids is 1. The number of nitrogens with one attached hydrogen (secondary N) is 1. The number of anilines is 1. The summed E-state index contributed by atoms with van der Waals surface area (Å²) in [4.78, 5) is 11.9. The summed E-state index contributed by atoms with van der Waals surface area (Å²) >= 11 is 0. The maximum atomic E-state index is 11.9. The molecule has 1 saturated heterocycles. The summed E-state index contributed by atoms with van der Waals surface area (Å²) in [6.45, 7) is 3.28. The van der Waals surface area contributed by atoms with Crippen LogP contribution in [0.4, 0.5) is 5.69 Å². The van der Waals surface area contributed by atoms with Crippen molar-refractivity contribution in [3.05, 3.63) is 29.8 Å². The third-order valence-corrected chi connectivity index (χ3v) is 2.81. The lowest BCUT2D eigenvalue weighted by atomic mass is 10.0. The molecule has 94 valence electrons. The molecule has 4 nitrogen and oxygen atoms in total. The Balaban J connectivity index is 0.00000144. The Morgan fingerprint density at radius 1 is 1.41 bits per heavy atom. The monoisotopic (exact) mass is 256 g/mol. The second kappa shape index (κ2) is 5.38. The van der Waals surface area contributed by atoms with E-state index in [0.29, 0.717) is 24.5 Å². The molecule has 1 aromatic rings. The van der Waals surface area contributed by atoms with Gasteiger partial charge in [-0.15, -0.1) is 12.4 Å². The molecule has 0 bridgehead atoms. The van der Waals surface area contributed by atoms with E-state index < -0.39 is 0 Å². The zero-order valence-corrected chi connectivity index (χ0v) is 10.5. The van der Waals surface area contributed by atoms with Crippen LogP contribution in [0.15, 0.2) is 24.3 Å². The summed E-state index contributed by atoms with van der Waals surface area (Å²) in [6.07, 6.45) is 0.855. The second-order valence-electron chi connectivity index (χ2n) is 4.44. The van der Waals surface area contributed by atoms with Crippen LogP contribution in [0.3, 0.4) is 0 Å². The predicted octanol–water partition coefficient (Wildman–Crippen LogP) is 1.60. The number of amides is 1. The molecular formula is C12H17ClN2O2. The molecule has 0 spiro atoms. The molecule has 1 fully saturated rings. The van der Waals surface area contributed by atoms with E-state index in [2.05, 4.69) is 5.32 Å². The zero-order chi connectivity index (χ0) is 11.6. The third kappa shape index (κ3) is 3.35. The lowest BCUT2D eigenvalue weighted by Crippen LogP contribution is -2.46. The smallest absolute Gasteiger partial charge is 0.251 e. The molecule has 1 aliphatic rings. The molecule has 1 atom stereocenters. The second-order valence-corrected chi connectivity index (χ2v) is 4.44. The Morgan fingerprint density at radius 3 is 2.59 bits per heavy atom. The van der Waals surface area contributed by atoms with Gasteiger partial charge in [0, 0.05) is 17.9 Å². The SMILES string of the molecule is CC1(NC(=O)c2ccc(N)cc2)CCOC1.Cl. The van der Waals surface area contributed by atoms with Gasteiger partial charge in [0.25, 0.3) is 5.91 Å². The maximum Gasteiger partial charge on any atom is 0.251 e. The highest BCUT2D eigenvalue weighted by molar-refractivity contribution is 5.95. The Hall–Kier alpha value is -1.26. The van der Waals surface area contributed by atoms with Crippen molar-refractivity contribution in [1.29, 1.82) is 0 Å². The number of halogens is 1. The van der Waals surface area contributed by atoms with Crippen LogP contribution in [0.2, 0.25) is 0 Å². The quantitative estimate of drug-likeness (QED) is 0.790. The van der Waals surface area contributed by atoms with Crippen molar-refractivity contribution in [3.8, 4) is 0 Å².